The smallest absolute Gasteiger partial charge is 0.493 e. The molecule has 9 heteroatoms. The minimum atomic E-state index is -3.85. The summed E-state index contributed by atoms with van der Waals surface area (Å²) in [5.74, 6) is -0.881. The summed E-state index contributed by atoms with van der Waals surface area (Å²) in [6.07, 6.45) is -3.85. The molecule has 0 saturated heterocycles. The molecule has 0 aromatic heterocycles. The maximum atomic E-state index is 13.0. The molecule has 4 N–H and O–H groups in total. The molecule has 0 spiro atoms. The van der Waals surface area contributed by atoms with Gasteiger partial charge in [0.2, 0.25) is 5.75 Å². The molecule has 2 rings (SSSR count). The van der Waals surface area contributed by atoms with E-state index in [2.05, 4.69) is 9.47 Å². The van der Waals surface area contributed by atoms with E-state index >= 15 is 0 Å². The van der Waals surface area contributed by atoms with E-state index in [4.69, 9.17) is 18.3 Å². The number of aliphatic hydroxyl groups is 2. The van der Waals surface area contributed by atoms with Crippen LogP contribution in [-0.4, -0.2) is 37.2 Å². The quantitative estimate of drug-likeness (QED) is 0.535. The van der Waals surface area contributed by atoms with Crippen molar-refractivity contribution in [2.75, 3.05) is 7.11 Å². The molecule has 1 heterocycles. The fourth-order valence-electron chi connectivity index (χ4n) is 1.68. The van der Waals surface area contributed by atoms with Crippen LogP contribution in [0, 0.1) is 0 Å². The zero-order valence-electron chi connectivity index (χ0n) is 10.7. The summed E-state index contributed by atoms with van der Waals surface area (Å²) >= 11 is 0. The van der Waals surface area contributed by atoms with E-state index in [0.29, 0.717) is 0 Å². The van der Waals surface area contributed by atoms with Crippen LogP contribution in [0.15, 0.2) is 12.1 Å². The second-order valence-corrected chi connectivity index (χ2v) is 4.59. The number of nitrogens with two attached hydrogens (primary N) is 1. The molecule has 2 unspecified atom stereocenters. The number of alkyl halides is 2. The number of fused-ring (bicyclic) bond motifs is 1. The number of hydrogen-bond acceptors (Lipinski definition) is 6. The molecule has 0 aliphatic carbocycles. The summed E-state index contributed by atoms with van der Waals surface area (Å²) in [5.41, 5.74) is 0.528. The zero-order chi connectivity index (χ0) is 15.3. The molecule has 2 radical (unpaired) electrons. The summed E-state index contributed by atoms with van der Waals surface area (Å²) in [4.78, 5) is 0. The Bertz CT molecular complexity index is 544. The molecule has 0 amide bonds. The zero-order valence-corrected chi connectivity index (χ0v) is 10.7. The molecule has 20 heavy (non-hydrogen) atoms. The summed E-state index contributed by atoms with van der Waals surface area (Å²) < 4.78 is 39.5. The van der Waals surface area contributed by atoms with Gasteiger partial charge in [0, 0.05) is 0 Å². The Balaban J connectivity index is 2.56. The van der Waals surface area contributed by atoms with Crippen LogP contribution in [0.4, 0.5) is 8.78 Å². The summed E-state index contributed by atoms with van der Waals surface area (Å²) in [6, 6.07) is 2.10. The monoisotopic (exact) mass is 287 g/mol. The second-order valence-electron chi connectivity index (χ2n) is 4.59. The molecule has 0 saturated carbocycles. The van der Waals surface area contributed by atoms with E-state index in [1.807, 2.05) is 0 Å². The van der Waals surface area contributed by atoms with Crippen molar-refractivity contribution in [2.45, 2.75) is 24.4 Å². The fourth-order valence-corrected chi connectivity index (χ4v) is 1.68. The third-order valence-corrected chi connectivity index (χ3v) is 2.90. The van der Waals surface area contributed by atoms with Crippen molar-refractivity contribution < 1.29 is 33.2 Å². The lowest BCUT2D eigenvalue weighted by atomic mass is 9.69. The first kappa shape index (κ1) is 14.8. The lowest BCUT2D eigenvalue weighted by molar-refractivity contribution is -0.287. The molecule has 1 aliphatic rings. The average molecular weight is 287 g/mol. The predicted octanol–water partition coefficient (Wildman–Crippen LogP) is -0.00250. The molecular formula is C11H12BF2NO5. The minimum Gasteiger partial charge on any atom is -0.493 e. The molecule has 1 aromatic rings. The van der Waals surface area contributed by atoms with Crippen LogP contribution in [0.1, 0.15) is 12.5 Å². The Labute approximate surface area is 114 Å². The van der Waals surface area contributed by atoms with Gasteiger partial charge in [-0.3, -0.25) is 0 Å². The Kier molecular flexibility index (Phi) is 3.12. The molecule has 1 aromatic carbocycles. The molecule has 0 bridgehead atoms. The van der Waals surface area contributed by atoms with Crippen molar-refractivity contribution in [2.24, 2.45) is 5.73 Å². The third kappa shape index (κ3) is 2.28. The fraction of sp³-hybridized carbons (Fsp3) is 0.455. The van der Waals surface area contributed by atoms with E-state index in [-0.39, 0.29) is 17.1 Å². The number of halogens is 2. The van der Waals surface area contributed by atoms with Crippen molar-refractivity contribution in [3.8, 4) is 17.2 Å². The van der Waals surface area contributed by atoms with Crippen molar-refractivity contribution in [1.82, 2.24) is 0 Å². The molecule has 6 nitrogen and oxygen atoms in total. The van der Waals surface area contributed by atoms with Gasteiger partial charge in [0.05, 0.1) is 12.6 Å². The molecule has 2 atom stereocenters. The SMILES string of the molecule is [B]C(O)(c1cc(OC)c2c(c1)OC(F)(F)O2)C(C)(N)O. The highest BCUT2D eigenvalue weighted by Crippen LogP contribution is 2.49. The van der Waals surface area contributed by atoms with Gasteiger partial charge in [0.15, 0.2) is 11.5 Å². The highest BCUT2D eigenvalue weighted by molar-refractivity contribution is 6.15. The van der Waals surface area contributed by atoms with Gasteiger partial charge in [-0.2, -0.15) is 0 Å². The Hall–Kier alpha value is -1.58. The first-order valence-corrected chi connectivity index (χ1v) is 5.49. The van der Waals surface area contributed by atoms with Crippen molar-refractivity contribution in [3.63, 3.8) is 0 Å². The van der Waals surface area contributed by atoms with Crippen LogP contribution in [0.5, 0.6) is 17.2 Å². The average Bonchev–Trinajstić information content (AvgIpc) is 2.59. The van der Waals surface area contributed by atoms with Gasteiger partial charge in [-0.05, 0) is 24.6 Å². The third-order valence-electron chi connectivity index (χ3n) is 2.90. The van der Waals surface area contributed by atoms with E-state index in [1.165, 1.54) is 7.11 Å². The van der Waals surface area contributed by atoms with Crippen molar-refractivity contribution in [1.29, 1.82) is 0 Å². The standard InChI is InChI=1S/C11H12BF2NO5/c1-9(15,16)10(12,17)5-3-6(18-2)8-7(4-5)19-11(13,14)20-8/h3-4,16-17H,15H2,1-2H3. The van der Waals surface area contributed by atoms with E-state index in [9.17, 15) is 19.0 Å². The van der Waals surface area contributed by atoms with Gasteiger partial charge in [-0.1, -0.05) is 0 Å². The Morgan fingerprint density at radius 3 is 2.45 bits per heavy atom. The van der Waals surface area contributed by atoms with Crippen LogP contribution in [-0.2, 0) is 5.50 Å². The molecule has 0 fully saturated rings. The molecule has 1 aliphatic heterocycles. The van der Waals surface area contributed by atoms with Crippen LogP contribution >= 0.6 is 0 Å². The van der Waals surface area contributed by atoms with Gasteiger partial charge < -0.3 is 30.2 Å². The molecule has 108 valence electrons. The number of methoxy groups -OCH3 is 1. The largest absolute Gasteiger partial charge is 0.586 e. The van der Waals surface area contributed by atoms with Crippen molar-refractivity contribution >= 4 is 7.85 Å². The lowest BCUT2D eigenvalue weighted by Crippen LogP contribution is -2.56. The van der Waals surface area contributed by atoms with Crippen LogP contribution in [0.3, 0.4) is 0 Å². The highest BCUT2D eigenvalue weighted by Gasteiger charge is 2.47. The first-order chi connectivity index (χ1) is 8.98. The maximum absolute atomic E-state index is 13.0. The Morgan fingerprint density at radius 1 is 1.35 bits per heavy atom. The van der Waals surface area contributed by atoms with Gasteiger partial charge in [0.25, 0.3) is 0 Å². The van der Waals surface area contributed by atoms with Crippen LogP contribution < -0.4 is 19.9 Å². The summed E-state index contributed by atoms with van der Waals surface area (Å²) in [6.45, 7) is 1.05. The van der Waals surface area contributed by atoms with Gasteiger partial charge >= 0.3 is 6.29 Å². The van der Waals surface area contributed by atoms with Gasteiger partial charge in [-0.15, -0.1) is 8.78 Å². The highest BCUT2D eigenvalue weighted by atomic mass is 19.3. The van der Waals surface area contributed by atoms with Gasteiger partial charge in [-0.25, -0.2) is 0 Å². The number of hydrogen-bond donors (Lipinski definition) is 3. The molecular weight excluding hydrogens is 275 g/mol. The number of rotatable bonds is 3. The van der Waals surface area contributed by atoms with Crippen LogP contribution in [0.25, 0.3) is 0 Å². The van der Waals surface area contributed by atoms with Gasteiger partial charge in [0.1, 0.15) is 13.6 Å². The lowest BCUT2D eigenvalue weighted by Gasteiger charge is -2.36. The van der Waals surface area contributed by atoms with Crippen LogP contribution in [0.2, 0.25) is 0 Å². The Morgan fingerprint density at radius 2 is 1.95 bits per heavy atom. The minimum absolute atomic E-state index is 0.150. The van der Waals surface area contributed by atoms with E-state index in [1.54, 1.807) is 0 Å². The maximum Gasteiger partial charge on any atom is 0.586 e. The first-order valence-electron chi connectivity index (χ1n) is 5.49. The summed E-state index contributed by atoms with van der Waals surface area (Å²) in [7, 11) is 6.75. The van der Waals surface area contributed by atoms with Crippen molar-refractivity contribution in [3.05, 3.63) is 17.7 Å². The normalized spacial score (nSPS) is 21.9. The summed E-state index contributed by atoms with van der Waals surface area (Å²) in [5, 5.41) is 19.7. The predicted molar refractivity (Wildman–Crippen MR) is 63.7 cm³/mol. The van der Waals surface area contributed by atoms with E-state index < -0.39 is 23.3 Å². The number of ether oxygens (including phenoxy) is 3. The van der Waals surface area contributed by atoms with E-state index in [0.717, 1.165) is 19.1 Å². The topological polar surface area (TPSA) is 94.2 Å². The number of benzene rings is 1. The second kappa shape index (κ2) is 4.21.